The van der Waals surface area contributed by atoms with E-state index in [0.717, 1.165) is 0 Å². The molecule has 0 radical (unpaired) electrons. The number of rotatable bonds is 7. The number of halogens is 1. The Kier molecular flexibility index (Phi) is 8.69. The summed E-state index contributed by atoms with van der Waals surface area (Å²) in [6.45, 7) is 4.08. The number of aromatic nitrogens is 2. The second-order valence-corrected chi connectivity index (χ2v) is 5.27. The number of carbonyl (C=O) groups excluding carboxylic acids is 2. The molecule has 2 atom stereocenters. The van der Waals surface area contributed by atoms with Crippen LogP contribution in [0.2, 0.25) is 0 Å². The third-order valence-corrected chi connectivity index (χ3v) is 3.43. The molecule has 0 bridgehead atoms. The normalized spacial score (nSPS) is 20.1. The molecule has 0 spiro atoms. The van der Waals surface area contributed by atoms with Gasteiger partial charge in [-0.25, -0.2) is 0 Å². The zero-order valence-electron chi connectivity index (χ0n) is 13.8. The Balaban J connectivity index is 0.00000288. The Morgan fingerprint density at radius 1 is 1.54 bits per heavy atom. The van der Waals surface area contributed by atoms with Crippen LogP contribution in [0, 0.1) is 0 Å². The summed E-state index contributed by atoms with van der Waals surface area (Å²) < 4.78 is 11.8. The fraction of sp³-hybridized carbons (Fsp3) is 0.643. The lowest BCUT2D eigenvalue weighted by Crippen LogP contribution is -2.53. The number of methoxy groups -OCH3 is 1. The van der Waals surface area contributed by atoms with Crippen molar-refractivity contribution in [1.29, 1.82) is 0 Å². The number of nitrogens with one attached hydrogen (secondary N) is 3. The molecule has 0 aliphatic carbocycles. The zero-order valence-corrected chi connectivity index (χ0v) is 14.6. The van der Waals surface area contributed by atoms with Gasteiger partial charge in [0.15, 0.2) is 0 Å². The molecule has 0 aromatic carbocycles. The van der Waals surface area contributed by atoms with Crippen LogP contribution < -0.4 is 16.0 Å². The van der Waals surface area contributed by atoms with Gasteiger partial charge in [0.05, 0.1) is 31.2 Å². The van der Waals surface area contributed by atoms with Crippen molar-refractivity contribution in [1.82, 2.24) is 20.4 Å². The van der Waals surface area contributed by atoms with Crippen molar-refractivity contribution < 1.29 is 19.1 Å². The molecule has 2 rings (SSSR count). The van der Waals surface area contributed by atoms with Crippen LogP contribution in [-0.4, -0.2) is 67.2 Å². The highest BCUT2D eigenvalue weighted by Crippen LogP contribution is 2.09. The van der Waals surface area contributed by atoms with Crippen LogP contribution in [0.3, 0.4) is 0 Å². The number of hydrogen-bond donors (Lipinski definition) is 3. The third-order valence-electron chi connectivity index (χ3n) is 3.43. The summed E-state index contributed by atoms with van der Waals surface area (Å²) in [6, 6.07) is -0.399. The van der Waals surface area contributed by atoms with E-state index in [2.05, 4.69) is 21.0 Å². The van der Waals surface area contributed by atoms with E-state index in [4.69, 9.17) is 9.47 Å². The quantitative estimate of drug-likeness (QED) is 0.559. The van der Waals surface area contributed by atoms with Crippen molar-refractivity contribution in [2.75, 3.05) is 38.7 Å². The standard InChI is InChI=1S/C14H23N5O4.ClH/c1-10-13(16-4-6-23-10)14(21)18-11-7-17-19(8-11)9-12(20)15-3-5-22-2;/h7-8,10,13,16H,3-6,9H2,1-2H3,(H,15,20)(H,18,21);1H/t10-,13+;/m1./s1. The molecule has 136 valence electrons. The van der Waals surface area contributed by atoms with E-state index in [1.807, 2.05) is 6.92 Å². The maximum Gasteiger partial charge on any atom is 0.244 e. The minimum atomic E-state index is -0.399. The van der Waals surface area contributed by atoms with E-state index >= 15 is 0 Å². The number of amides is 2. The summed E-state index contributed by atoms with van der Waals surface area (Å²) >= 11 is 0. The lowest BCUT2D eigenvalue weighted by atomic mass is 10.1. The molecule has 10 heteroatoms. The van der Waals surface area contributed by atoms with Gasteiger partial charge in [-0.05, 0) is 6.92 Å². The van der Waals surface area contributed by atoms with Crippen molar-refractivity contribution >= 4 is 29.9 Å². The molecule has 1 aliphatic rings. The number of nitrogens with zero attached hydrogens (tertiary/aromatic N) is 2. The molecule has 1 fully saturated rings. The van der Waals surface area contributed by atoms with Crippen LogP contribution in [0.1, 0.15) is 6.92 Å². The predicted molar refractivity (Wildman–Crippen MR) is 90.2 cm³/mol. The average molecular weight is 362 g/mol. The van der Waals surface area contributed by atoms with Crippen molar-refractivity contribution in [3.63, 3.8) is 0 Å². The molecular formula is C14H24ClN5O4. The molecule has 1 aliphatic heterocycles. The van der Waals surface area contributed by atoms with Crippen molar-refractivity contribution in [2.45, 2.75) is 25.6 Å². The molecule has 0 saturated carbocycles. The van der Waals surface area contributed by atoms with Gasteiger partial charge in [-0.2, -0.15) is 5.10 Å². The van der Waals surface area contributed by atoms with Crippen LogP contribution in [0.4, 0.5) is 5.69 Å². The summed E-state index contributed by atoms with van der Waals surface area (Å²) in [5.41, 5.74) is 0.541. The van der Waals surface area contributed by atoms with Crippen molar-refractivity contribution in [2.24, 2.45) is 0 Å². The molecule has 2 heterocycles. The third kappa shape index (κ3) is 6.08. The van der Waals surface area contributed by atoms with E-state index < -0.39 is 6.04 Å². The number of ether oxygens (including phenoxy) is 2. The topological polar surface area (TPSA) is 107 Å². The fourth-order valence-corrected chi connectivity index (χ4v) is 2.26. The van der Waals surface area contributed by atoms with Gasteiger partial charge in [0.25, 0.3) is 0 Å². The van der Waals surface area contributed by atoms with Gasteiger partial charge in [-0.3, -0.25) is 14.3 Å². The van der Waals surface area contributed by atoms with E-state index in [1.54, 1.807) is 13.3 Å². The fourth-order valence-electron chi connectivity index (χ4n) is 2.26. The first-order valence-electron chi connectivity index (χ1n) is 7.54. The van der Waals surface area contributed by atoms with Crippen LogP contribution in [0.15, 0.2) is 12.4 Å². The molecule has 9 nitrogen and oxygen atoms in total. The second kappa shape index (κ2) is 10.2. The van der Waals surface area contributed by atoms with Crippen LogP contribution in [-0.2, 0) is 25.6 Å². The molecule has 0 unspecified atom stereocenters. The molecule has 24 heavy (non-hydrogen) atoms. The van der Waals surface area contributed by atoms with E-state index in [0.29, 0.717) is 32.0 Å². The van der Waals surface area contributed by atoms with Crippen molar-refractivity contribution in [3.8, 4) is 0 Å². The molecule has 1 saturated heterocycles. The highest BCUT2D eigenvalue weighted by atomic mass is 35.5. The molecule has 1 aromatic rings. The maximum absolute atomic E-state index is 12.2. The summed E-state index contributed by atoms with van der Waals surface area (Å²) in [4.78, 5) is 23.9. The van der Waals surface area contributed by atoms with E-state index in [9.17, 15) is 9.59 Å². The van der Waals surface area contributed by atoms with Crippen LogP contribution in [0.25, 0.3) is 0 Å². The largest absolute Gasteiger partial charge is 0.383 e. The van der Waals surface area contributed by atoms with E-state index in [1.165, 1.54) is 10.9 Å². The minimum absolute atomic E-state index is 0. The van der Waals surface area contributed by atoms with Gasteiger partial charge in [0.2, 0.25) is 11.8 Å². The summed E-state index contributed by atoms with van der Waals surface area (Å²) in [5.74, 6) is -0.347. The molecule has 3 N–H and O–H groups in total. The number of morpholine rings is 1. The van der Waals surface area contributed by atoms with Crippen molar-refractivity contribution in [3.05, 3.63) is 12.4 Å². The Hall–Kier alpha value is -1.68. The predicted octanol–water partition coefficient (Wildman–Crippen LogP) is -0.617. The van der Waals surface area contributed by atoms with Gasteiger partial charge >= 0.3 is 0 Å². The average Bonchev–Trinajstić information content (AvgIpc) is 2.94. The lowest BCUT2D eigenvalue weighted by molar-refractivity contribution is -0.124. The number of hydrogen-bond acceptors (Lipinski definition) is 6. The minimum Gasteiger partial charge on any atom is -0.383 e. The van der Waals surface area contributed by atoms with Gasteiger partial charge in [-0.15, -0.1) is 12.4 Å². The Bertz CT molecular complexity index is 539. The number of carbonyl (C=O) groups is 2. The Morgan fingerprint density at radius 2 is 2.33 bits per heavy atom. The second-order valence-electron chi connectivity index (χ2n) is 5.27. The molecular weight excluding hydrogens is 338 g/mol. The highest BCUT2D eigenvalue weighted by molar-refractivity contribution is 5.95. The smallest absolute Gasteiger partial charge is 0.244 e. The highest BCUT2D eigenvalue weighted by Gasteiger charge is 2.28. The van der Waals surface area contributed by atoms with Gasteiger partial charge in [-0.1, -0.05) is 0 Å². The van der Waals surface area contributed by atoms with Crippen LogP contribution >= 0.6 is 12.4 Å². The van der Waals surface area contributed by atoms with Gasteiger partial charge in [0.1, 0.15) is 12.6 Å². The lowest BCUT2D eigenvalue weighted by Gasteiger charge is -2.29. The Morgan fingerprint density at radius 3 is 3.04 bits per heavy atom. The first-order valence-corrected chi connectivity index (χ1v) is 7.54. The molecule has 1 aromatic heterocycles. The summed E-state index contributed by atoms with van der Waals surface area (Å²) in [7, 11) is 1.57. The van der Waals surface area contributed by atoms with E-state index in [-0.39, 0.29) is 36.9 Å². The zero-order chi connectivity index (χ0) is 16.7. The first-order chi connectivity index (χ1) is 11.1. The SMILES string of the molecule is COCCNC(=O)Cn1cc(NC(=O)[C@H]2NCCO[C@@H]2C)cn1.Cl. The summed E-state index contributed by atoms with van der Waals surface area (Å²) in [6.07, 6.45) is 2.93. The molecule has 2 amide bonds. The summed E-state index contributed by atoms with van der Waals surface area (Å²) in [5, 5.41) is 12.6. The van der Waals surface area contributed by atoms with Gasteiger partial charge in [0, 0.05) is 26.4 Å². The monoisotopic (exact) mass is 361 g/mol. The van der Waals surface area contributed by atoms with Crippen LogP contribution in [0.5, 0.6) is 0 Å². The Labute approximate surface area is 146 Å². The first kappa shape index (κ1) is 20.4. The number of anilines is 1. The van der Waals surface area contributed by atoms with Gasteiger partial charge < -0.3 is 25.4 Å². The maximum atomic E-state index is 12.2.